The minimum Gasteiger partial charge on any atom is -0.466 e. The van der Waals surface area contributed by atoms with E-state index in [4.69, 9.17) is 9.47 Å². The third kappa shape index (κ3) is 7.66. The Bertz CT molecular complexity index is 759. The Labute approximate surface area is 162 Å². The van der Waals surface area contributed by atoms with Gasteiger partial charge in [0.25, 0.3) is 0 Å². The topological polar surface area (TPSA) is 78.9 Å². The lowest BCUT2D eigenvalue weighted by Gasteiger charge is -2.19. The molecule has 0 spiro atoms. The van der Waals surface area contributed by atoms with Crippen molar-refractivity contribution in [2.75, 3.05) is 6.61 Å². The monoisotopic (exact) mass is 426 g/mol. The number of ether oxygens (including phenoxy) is 3. The van der Waals surface area contributed by atoms with Crippen LogP contribution >= 0.6 is 0 Å². The molecule has 11 heteroatoms. The van der Waals surface area contributed by atoms with E-state index in [2.05, 4.69) is 4.74 Å². The van der Waals surface area contributed by atoms with Gasteiger partial charge in [0.15, 0.2) is 0 Å². The highest BCUT2D eigenvalue weighted by Gasteiger charge is 2.28. The molecule has 0 saturated carbocycles. The smallest absolute Gasteiger partial charge is 0.311 e. The molecule has 0 saturated heterocycles. The van der Waals surface area contributed by atoms with Gasteiger partial charge in [-0.05, 0) is 27.2 Å². The van der Waals surface area contributed by atoms with Crippen LogP contribution in [0.5, 0.6) is 5.75 Å². The van der Waals surface area contributed by atoms with E-state index in [0.29, 0.717) is 0 Å². The molecule has 0 unspecified atom stereocenters. The largest absolute Gasteiger partial charge is 0.466 e. The number of benzene rings is 1. The first kappa shape index (κ1) is 24.3. The number of hydrogen-bond acceptors (Lipinski definition) is 6. The highest BCUT2D eigenvalue weighted by molar-refractivity contribution is 5.79. The van der Waals surface area contributed by atoms with Gasteiger partial charge in [-0.2, -0.15) is 8.78 Å². The van der Waals surface area contributed by atoms with E-state index in [1.165, 1.54) is 0 Å². The average Bonchev–Trinajstić information content (AvgIpc) is 2.62. The lowest BCUT2D eigenvalue weighted by atomic mass is 10.2. The minimum atomic E-state index is -2.39. The van der Waals surface area contributed by atoms with Crippen LogP contribution in [0.25, 0.3) is 0 Å². The van der Waals surface area contributed by atoms with Crippen LogP contribution in [0.4, 0.5) is 22.0 Å². The van der Waals surface area contributed by atoms with Crippen molar-refractivity contribution in [2.24, 2.45) is 0 Å². The maximum atomic E-state index is 13.4. The van der Waals surface area contributed by atoms with Gasteiger partial charge in [-0.15, -0.1) is 0 Å². The second-order valence-electron chi connectivity index (χ2n) is 6.78. The first-order valence-electron chi connectivity index (χ1n) is 8.43. The molecule has 0 radical (unpaired) electrons. The molecule has 1 aromatic carbocycles. The van der Waals surface area contributed by atoms with E-state index < -0.39 is 71.2 Å². The summed E-state index contributed by atoms with van der Waals surface area (Å²) in [5, 5.41) is 0. The predicted octanol–water partition coefficient (Wildman–Crippen LogP) is 3.73. The van der Waals surface area contributed by atoms with Gasteiger partial charge >= 0.3 is 17.9 Å². The average molecular weight is 426 g/mol. The molecule has 6 nitrogen and oxygen atoms in total. The summed E-state index contributed by atoms with van der Waals surface area (Å²) in [6, 6.07) is 0. The van der Waals surface area contributed by atoms with Crippen LogP contribution in [-0.2, 0) is 23.9 Å². The Hall–Kier alpha value is -2.72. The summed E-state index contributed by atoms with van der Waals surface area (Å²) in [7, 11) is 0. The van der Waals surface area contributed by atoms with E-state index in [-0.39, 0.29) is 19.4 Å². The first-order chi connectivity index (χ1) is 13.3. The zero-order chi connectivity index (χ0) is 22.4. The first-order valence-corrected chi connectivity index (χ1v) is 8.43. The van der Waals surface area contributed by atoms with Crippen LogP contribution in [0.3, 0.4) is 0 Å². The predicted molar refractivity (Wildman–Crippen MR) is 87.1 cm³/mol. The lowest BCUT2D eigenvalue weighted by molar-refractivity contribution is -0.156. The number of halogens is 5. The molecule has 1 rings (SSSR count). The molecule has 29 heavy (non-hydrogen) atoms. The summed E-state index contributed by atoms with van der Waals surface area (Å²) < 4.78 is 79.7. The van der Waals surface area contributed by atoms with Crippen LogP contribution in [0, 0.1) is 29.1 Å². The van der Waals surface area contributed by atoms with Crippen LogP contribution in [-0.4, -0.2) is 30.1 Å². The maximum Gasteiger partial charge on any atom is 0.311 e. The van der Waals surface area contributed by atoms with Gasteiger partial charge in [0.05, 0.1) is 19.4 Å². The van der Waals surface area contributed by atoms with Gasteiger partial charge in [-0.1, -0.05) is 0 Å². The van der Waals surface area contributed by atoms with Crippen molar-refractivity contribution >= 4 is 17.9 Å². The zero-order valence-corrected chi connectivity index (χ0v) is 15.9. The summed E-state index contributed by atoms with van der Waals surface area (Å²) in [6.45, 7) is 4.92. The molecule has 162 valence electrons. The van der Waals surface area contributed by atoms with Crippen molar-refractivity contribution in [1.29, 1.82) is 0 Å². The Morgan fingerprint density at radius 3 is 1.72 bits per heavy atom. The molecule has 0 fully saturated rings. The highest BCUT2D eigenvalue weighted by atomic mass is 19.2. The molecule has 0 aliphatic carbocycles. The third-order valence-corrected chi connectivity index (χ3v) is 3.13. The molecule has 0 amide bonds. The van der Waals surface area contributed by atoms with E-state index in [1.54, 1.807) is 20.8 Å². The van der Waals surface area contributed by atoms with Gasteiger partial charge in [0.1, 0.15) is 5.60 Å². The normalized spacial score (nSPS) is 11.2. The van der Waals surface area contributed by atoms with Crippen LogP contribution in [0.15, 0.2) is 0 Å². The SMILES string of the molecule is CC(C)(C)OC(=O)CCCOC(=O)CCC(=O)Oc1c(F)c(F)c(F)c(F)c1F. The Morgan fingerprint density at radius 2 is 1.21 bits per heavy atom. The van der Waals surface area contributed by atoms with Crippen LogP contribution in [0.1, 0.15) is 46.5 Å². The van der Waals surface area contributed by atoms with Gasteiger partial charge in [0.2, 0.25) is 34.8 Å². The fourth-order valence-corrected chi connectivity index (χ4v) is 1.91. The fourth-order valence-electron chi connectivity index (χ4n) is 1.91. The zero-order valence-electron chi connectivity index (χ0n) is 15.9. The highest BCUT2D eigenvalue weighted by Crippen LogP contribution is 2.29. The molecule has 0 heterocycles. The Morgan fingerprint density at radius 1 is 0.724 bits per heavy atom. The summed E-state index contributed by atoms with van der Waals surface area (Å²) in [5.41, 5.74) is -0.649. The van der Waals surface area contributed by atoms with E-state index in [0.717, 1.165) is 0 Å². The Balaban J connectivity index is 2.42. The second kappa shape index (κ2) is 10.2. The number of carbonyl (C=O) groups excluding carboxylic acids is 3. The molecule has 0 atom stereocenters. The molecular weight excluding hydrogens is 407 g/mol. The molecule has 0 aliphatic heterocycles. The number of carbonyl (C=O) groups is 3. The summed E-state index contributed by atoms with van der Waals surface area (Å²) in [4.78, 5) is 34.5. The van der Waals surface area contributed by atoms with Crippen molar-refractivity contribution in [3.05, 3.63) is 29.1 Å². The van der Waals surface area contributed by atoms with Gasteiger partial charge < -0.3 is 14.2 Å². The van der Waals surface area contributed by atoms with Gasteiger partial charge in [0, 0.05) is 6.42 Å². The fraction of sp³-hybridized carbons (Fsp3) is 0.500. The van der Waals surface area contributed by atoms with E-state index in [9.17, 15) is 36.3 Å². The van der Waals surface area contributed by atoms with Crippen molar-refractivity contribution in [1.82, 2.24) is 0 Å². The van der Waals surface area contributed by atoms with Crippen LogP contribution in [0.2, 0.25) is 0 Å². The minimum absolute atomic E-state index is 0.00710. The number of hydrogen-bond donors (Lipinski definition) is 0. The van der Waals surface area contributed by atoms with Crippen LogP contribution < -0.4 is 4.74 Å². The molecule has 0 N–H and O–H groups in total. The van der Waals surface area contributed by atoms with E-state index >= 15 is 0 Å². The Kier molecular flexibility index (Phi) is 8.53. The number of rotatable bonds is 8. The van der Waals surface area contributed by atoms with Gasteiger partial charge in [-0.25, -0.2) is 13.2 Å². The lowest BCUT2D eigenvalue weighted by Crippen LogP contribution is -2.24. The molecule has 0 bridgehead atoms. The van der Waals surface area contributed by atoms with Gasteiger partial charge in [-0.3, -0.25) is 14.4 Å². The summed E-state index contributed by atoms with van der Waals surface area (Å²) >= 11 is 0. The van der Waals surface area contributed by atoms with Crippen molar-refractivity contribution < 1.29 is 50.5 Å². The quantitative estimate of drug-likeness (QED) is 0.157. The summed E-state index contributed by atoms with van der Waals surface area (Å²) in [5.74, 6) is -16.1. The third-order valence-electron chi connectivity index (χ3n) is 3.13. The standard InChI is InChI=1S/C18H19F5O6/c1-18(2,3)29-11(26)5-4-8-27-9(24)6-7-10(25)28-17-15(22)13(20)12(19)14(21)16(17)23/h4-8H2,1-3H3. The second-order valence-corrected chi connectivity index (χ2v) is 6.78. The van der Waals surface area contributed by atoms with Crippen molar-refractivity contribution in [3.8, 4) is 5.75 Å². The van der Waals surface area contributed by atoms with Crippen molar-refractivity contribution in [2.45, 2.75) is 52.1 Å². The summed E-state index contributed by atoms with van der Waals surface area (Å²) in [6.07, 6.45) is -1.15. The van der Waals surface area contributed by atoms with E-state index in [1.807, 2.05) is 0 Å². The molecule has 0 aliphatic rings. The number of esters is 3. The maximum absolute atomic E-state index is 13.4. The van der Waals surface area contributed by atoms with Crippen molar-refractivity contribution in [3.63, 3.8) is 0 Å². The molecule has 0 aromatic heterocycles. The molecule has 1 aromatic rings. The molecular formula is C18H19F5O6.